The number of para-hydroxylation sites is 1. The molecule has 1 aliphatic heterocycles. The molecule has 3 N–H and O–H groups in total. The quantitative estimate of drug-likeness (QED) is 0.609. The summed E-state index contributed by atoms with van der Waals surface area (Å²) in [5.74, 6) is -0.383. The molecule has 1 amide bonds. The van der Waals surface area contributed by atoms with Crippen LogP contribution in [0.15, 0.2) is 30.3 Å². The second-order valence-corrected chi connectivity index (χ2v) is 4.15. The van der Waals surface area contributed by atoms with Crippen molar-refractivity contribution in [3.05, 3.63) is 30.3 Å². The molecule has 0 bridgehead atoms. The van der Waals surface area contributed by atoms with Gasteiger partial charge in [-0.2, -0.15) is 0 Å². The van der Waals surface area contributed by atoms with Crippen LogP contribution >= 0.6 is 0 Å². The van der Waals surface area contributed by atoms with Crippen LogP contribution in [0.2, 0.25) is 0 Å². The maximum atomic E-state index is 11.6. The van der Waals surface area contributed by atoms with Crippen LogP contribution in [0.5, 0.6) is 0 Å². The molecule has 0 aliphatic carbocycles. The van der Waals surface area contributed by atoms with Crippen LogP contribution < -0.4 is 10.4 Å². The van der Waals surface area contributed by atoms with Gasteiger partial charge in [0.25, 0.3) is 5.91 Å². The van der Waals surface area contributed by atoms with Crippen molar-refractivity contribution in [2.24, 2.45) is 5.41 Å². The molecule has 1 atom stereocenters. The van der Waals surface area contributed by atoms with Crippen LogP contribution in [-0.4, -0.2) is 29.0 Å². The highest BCUT2D eigenvalue weighted by Crippen LogP contribution is 2.29. The predicted octanol–water partition coefficient (Wildman–Crippen LogP) is -0.145. The van der Waals surface area contributed by atoms with E-state index in [0.717, 1.165) is 5.69 Å². The van der Waals surface area contributed by atoms with Gasteiger partial charge in [-0.25, -0.2) is 0 Å². The van der Waals surface area contributed by atoms with Crippen molar-refractivity contribution < 1.29 is 15.0 Å². The number of nitrogens with zero attached hydrogens (tertiary/aromatic N) is 1. The fourth-order valence-corrected chi connectivity index (χ4v) is 1.65. The number of hydrogen-bond acceptors (Lipinski definition) is 4. The third-order valence-electron chi connectivity index (χ3n) is 2.88. The number of aliphatic hydroxyl groups is 2. The maximum absolute atomic E-state index is 11.6. The molecule has 2 rings (SSSR count). The summed E-state index contributed by atoms with van der Waals surface area (Å²) in [5, 5.41) is 20.0. The topological polar surface area (TPSA) is 72.8 Å². The van der Waals surface area contributed by atoms with Gasteiger partial charge >= 0.3 is 0 Å². The second-order valence-electron chi connectivity index (χ2n) is 4.15. The van der Waals surface area contributed by atoms with Gasteiger partial charge in [-0.15, -0.1) is 0 Å². The van der Waals surface area contributed by atoms with Gasteiger partial charge in [0, 0.05) is 0 Å². The molecule has 1 fully saturated rings. The minimum absolute atomic E-state index is 0.230. The standard InChI is InChI=1S/C11H14N2O3/c1-11(10(15)16)7-13(12-9(11)14)8-5-3-2-4-6-8/h2-6,10,15-16H,7H2,1H3,(H,12,14). The number of anilines is 1. The van der Waals surface area contributed by atoms with E-state index in [9.17, 15) is 15.0 Å². The van der Waals surface area contributed by atoms with E-state index in [1.165, 1.54) is 6.92 Å². The fraction of sp³-hybridized carbons (Fsp3) is 0.364. The number of carbonyl (C=O) groups is 1. The number of benzene rings is 1. The van der Waals surface area contributed by atoms with Gasteiger partial charge in [0.05, 0.1) is 12.2 Å². The number of hydrazine groups is 1. The normalized spacial score (nSPS) is 25.0. The molecule has 0 aromatic heterocycles. The number of rotatable bonds is 2. The number of amides is 1. The van der Waals surface area contributed by atoms with Crippen molar-refractivity contribution in [2.45, 2.75) is 13.2 Å². The SMILES string of the molecule is CC1(C(O)O)CN(c2ccccc2)NC1=O. The zero-order valence-electron chi connectivity index (χ0n) is 8.92. The average Bonchev–Trinajstić information content (AvgIpc) is 2.58. The van der Waals surface area contributed by atoms with Crippen molar-refractivity contribution in [3.8, 4) is 0 Å². The number of nitrogens with one attached hydrogen (secondary N) is 1. The van der Waals surface area contributed by atoms with Gasteiger partial charge in [-0.05, 0) is 19.1 Å². The van der Waals surface area contributed by atoms with Gasteiger partial charge in [-0.1, -0.05) is 18.2 Å². The molecule has 1 aliphatic rings. The van der Waals surface area contributed by atoms with Gasteiger partial charge in [0.15, 0.2) is 6.29 Å². The van der Waals surface area contributed by atoms with Crippen LogP contribution in [0.1, 0.15) is 6.92 Å². The lowest BCUT2D eigenvalue weighted by molar-refractivity contribution is -0.153. The number of carbonyl (C=O) groups excluding carboxylic acids is 1. The van der Waals surface area contributed by atoms with Gasteiger partial charge in [0.2, 0.25) is 0 Å². The molecule has 1 aromatic carbocycles. The summed E-state index contributed by atoms with van der Waals surface area (Å²) >= 11 is 0. The Morgan fingerprint density at radius 3 is 2.50 bits per heavy atom. The largest absolute Gasteiger partial charge is 0.367 e. The first kappa shape index (κ1) is 10.9. The van der Waals surface area contributed by atoms with Crippen LogP contribution in [0.3, 0.4) is 0 Å². The van der Waals surface area contributed by atoms with E-state index in [4.69, 9.17) is 0 Å². The first-order valence-electron chi connectivity index (χ1n) is 5.04. The summed E-state index contributed by atoms with van der Waals surface area (Å²) in [7, 11) is 0. The zero-order valence-corrected chi connectivity index (χ0v) is 8.92. The van der Waals surface area contributed by atoms with Crippen LogP contribution in [-0.2, 0) is 4.79 Å². The lowest BCUT2D eigenvalue weighted by Gasteiger charge is -2.22. The van der Waals surface area contributed by atoms with E-state index < -0.39 is 11.7 Å². The van der Waals surface area contributed by atoms with Gasteiger partial charge in [-0.3, -0.25) is 15.2 Å². The van der Waals surface area contributed by atoms with Gasteiger partial charge in [0.1, 0.15) is 5.41 Å². The summed E-state index contributed by atoms with van der Waals surface area (Å²) in [4.78, 5) is 11.6. The second kappa shape index (κ2) is 3.77. The smallest absolute Gasteiger partial charge is 0.251 e. The average molecular weight is 222 g/mol. The van der Waals surface area contributed by atoms with Crippen molar-refractivity contribution in [1.82, 2.24) is 5.43 Å². The Morgan fingerprint density at radius 2 is 2.00 bits per heavy atom. The van der Waals surface area contributed by atoms with E-state index in [1.807, 2.05) is 30.3 Å². The van der Waals surface area contributed by atoms with E-state index in [-0.39, 0.29) is 12.5 Å². The molecule has 0 saturated carbocycles. The molecular formula is C11H14N2O3. The van der Waals surface area contributed by atoms with Crippen LogP contribution in [0.25, 0.3) is 0 Å². The summed E-state index contributed by atoms with van der Waals surface area (Å²) in [6.45, 7) is 1.75. The van der Waals surface area contributed by atoms with E-state index in [1.54, 1.807) is 5.01 Å². The Labute approximate surface area is 93.3 Å². The monoisotopic (exact) mass is 222 g/mol. The van der Waals surface area contributed by atoms with Crippen molar-refractivity contribution in [3.63, 3.8) is 0 Å². The molecule has 0 radical (unpaired) electrons. The molecule has 1 heterocycles. The molecule has 16 heavy (non-hydrogen) atoms. The highest BCUT2D eigenvalue weighted by atomic mass is 16.5. The Kier molecular flexibility index (Phi) is 2.57. The molecule has 1 saturated heterocycles. The molecule has 1 aromatic rings. The fourth-order valence-electron chi connectivity index (χ4n) is 1.65. The maximum Gasteiger partial charge on any atom is 0.251 e. The Hall–Kier alpha value is -1.59. The molecule has 1 unspecified atom stereocenters. The molecule has 5 nitrogen and oxygen atoms in total. The van der Waals surface area contributed by atoms with Crippen molar-refractivity contribution >= 4 is 11.6 Å². The van der Waals surface area contributed by atoms with Crippen LogP contribution in [0.4, 0.5) is 5.69 Å². The third kappa shape index (κ3) is 1.64. The summed E-state index contributed by atoms with van der Waals surface area (Å²) < 4.78 is 0. The molecule has 5 heteroatoms. The molecule has 0 spiro atoms. The highest BCUT2D eigenvalue weighted by Gasteiger charge is 2.47. The minimum Gasteiger partial charge on any atom is -0.367 e. The summed E-state index contributed by atoms with van der Waals surface area (Å²) in [6.07, 6.45) is -1.67. The lowest BCUT2D eigenvalue weighted by atomic mass is 9.90. The lowest BCUT2D eigenvalue weighted by Crippen LogP contribution is -2.40. The van der Waals surface area contributed by atoms with Crippen molar-refractivity contribution in [1.29, 1.82) is 0 Å². The third-order valence-corrected chi connectivity index (χ3v) is 2.88. The summed E-state index contributed by atoms with van der Waals surface area (Å²) in [5.41, 5.74) is 2.25. The minimum atomic E-state index is -1.67. The first-order chi connectivity index (χ1) is 7.54. The zero-order chi connectivity index (χ0) is 11.8. The van der Waals surface area contributed by atoms with E-state index in [2.05, 4.69) is 5.43 Å². The number of aliphatic hydroxyl groups excluding tert-OH is 1. The van der Waals surface area contributed by atoms with E-state index in [0.29, 0.717) is 0 Å². The van der Waals surface area contributed by atoms with Crippen LogP contribution in [0, 0.1) is 5.41 Å². The Bertz CT molecular complexity index is 393. The Morgan fingerprint density at radius 1 is 1.38 bits per heavy atom. The number of hydrogen-bond donors (Lipinski definition) is 3. The highest BCUT2D eigenvalue weighted by molar-refractivity contribution is 5.88. The predicted molar refractivity (Wildman–Crippen MR) is 58.3 cm³/mol. The summed E-state index contributed by atoms with van der Waals surface area (Å²) in [6, 6.07) is 9.27. The van der Waals surface area contributed by atoms with Crippen molar-refractivity contribution in [2.75, 3.05) is 11.6 Å². The molecule has 86 valence electrons. The van der Waals surface area contributed by atoms with Gasteiger partial charge < -0.3 is 10.2 Å². The van der Waals surface area contributed by atoms with E-state index >= 15 is 0 Å². The molecular weight excluding hydrogens is 208 g/mol. The first-order valence-corrected chi connectivity index (χ1v) is 5.04. The Balaban J connectivity index is 2.22.